The van der Waals surface area contributed by atoms with E-state index in [-0.39, 0.29) is 32.2 Å². The van der Waals surface area contributed by atoms with Crippen molar-refractivity contribution in [2.45, 2.75) is 309 Å². The Balaban J connectivity index is 4.02. The summed E-state index contributed by atoms with van der Waals surface area (Å²) >= 11 is 0. The van der Waals surface area contributed by atoms with Gasteiger partial charge in [0.05, 0.1) is 40.3 Å². The summed E-state index contributed by atoms with van der Waals surface area (Å²) in [5.74, 6) is -2.28. The van der Waals surface area contributed by atoms with Gasteiger partial charge in [0.2, 0.25) is 0 Å². The van der Waals surface area contributed by atoms with Gasteiger partial charge in [0.1, 0.15) is 13.2 Å². The minimum Gasteiger partial charge on any atom is -0.545 e. The van der Waals surface area contributed by atoms with Crippen LogP contribution in [0.5, 0.6) is 0 Å². The molecule has 77 heavy (non-hydrogen) atoms. The van der Waals surface area contributed by atoms with Crippen LogP contribution in [0, 0.1) is 0 Å². The van der Waals surface area contributed by atoms with E-state index in [4.69, 9.17) is 18.9 Å². The summed E-state index contributed by atoms with van der Waals surface area (Å²) in [5, 5.41) is 11.8. The van der Waals surface area contributed by atoms with E-state index in [9.17, 15) is 19.5 Å². The number of hydrogen-bond acceptors (Lipinski definition) is 8. The lowest BCUT2D eigenvalue weighted by atomic mass is 10.0. The van der Waals surface area contributed by atoms with Crippen LogP contribution in [0.3, 0.4) is 0 Å². The molecule has 0 aromatic carbocycles. The molecule has 2 atom stereocenters. The number of unbranched alkanes of at least 4 members (excludes halogenated alkanes) is 35. The SMILES string of the molecule is CC/C=C\C/C=C\C/C=C\CCCCCCCCCC(=O)OC(COC(=O)CCCCCCCCCCCCCCCCCCCCCCCCC/C=C\C/C=C\CCCCCCC)COC(OCC[N+](C)(C)C)C(=O)[O-]. The fraction of sp³-hybridized carbons (Fsp3) is 0.809. The van der Waals surface area contributed by atoms with Gasteiger partial charge < -0.3 is 33.3 Å². The summed E-state index contributed by atoms with van der Waals surface area (Å²) in [6.07, 6.45) is 73.0. The first-order valence-electron chi connectivity index (χ1n) is 32.4. The molecule has 0 aromatic rings. The molecule has 0 rings (SSSR count). The van der Waals surface area contributed by atoms with Crippen LogP contribution in [-0.2, 0) is 33.3 Å². The highest BCUT2D eigenvalue weighted by atomic mass is 16.7. The maximum Gasteiger partial charge on any atom is 0.306 e. The molecule has 0 aliphatic rings. The third kappa shape index (κ3) is 60.5. The molecule has 0 N–H and O–H groups in total. The highest BCUT2D eigenvalue weighted by molar-refractivity contribution is 5.70. The monoisotopic (exact) mass is 1080 g/mol. The average molecular weight is 1080 g/mol. The van der Waals surface area contributed by atoms with Crippen molar-refractivity contribution in [3.05, 3.63) is 60.8 Å². The third-order valence-electron chi connectivity index (χ3n) is 14.2. The molecule has 0 aliphatic heterocycles. The normalized spacial score (nSPS) is 13.1. The fourth-order valence-corrected chi connectivity index (χ4v) is 9.29. The lowest BCUT2D eigenvalue weighted by Crippen LogP contribution is -2.44. The maximum absolute atomic E-state index is 12.9. The molecule has 2 unspecified atom stereocenters. The van der Waals surface area contributed by atoms with Crippen molar-refractivity contribution in [3.8, 4) is 0 Å². The number of ether oxygens (including phenoxy) is 4. The number of carboxylic acids is 1. The number of hydrogen-bond donors (Lipinski definition) is 0. The fourth-order valence-electron chi connectivity index (χ4n) is 9.29. The van der Waals surface area contributed by atoms with Gasteiger partial charge in [0.15, 0.2) is 12.4 Å². The van der Waals surface area contributed by atoms with Gasteiger partial charge in [0.25, 0.3) is 0 Å². The topological polar surface area (TPSA) is 111 Å². The second-order valence-electron chi connectivity index (χ2n) is 23.0. The predicted octanol–water partition coefficient (Wildman–Crippen LogP) is 18.2. The van der Waals surface area contributed by atoms with E-state index >= 15 is 0 Å². The Morgan fingerprint density at radius 1 is 0.403 bits per heavy atom. The number of carboxylic acid groups (broad SMARTS) is 1. The van der Waals surface area contributed by atoms with Crippen molar-refractivity contribution < 1.29 is 42.9 Å². The number of quaternary nitrogens is 1. The summed E-state index contributed by atoms with van der Waals surface area (Å²) in [6.45, 7) is 4.64. The molecule has 0 aliphatic carbocycles. The average Bonchev–Trinajstić information content (AvgIpc) is 3.40. The Morgan fingerprint density at radius 2 is 0.740 bits per heavy atom. The maximum atomic E-state index is 12.9. The number of esters is 2. The second-order valence-corrected chi connectivity index (χ2v) is 23.0. The first-order valence-corrected chi connectivity index (χ1v) is 32.4. The molecule has 0 saturated carbocycles. The van der Waals surface area contributed by atoms with E-state index in [2.05, 4.69) is 74.6 Å². The van der Waals surface area contributed by atoms with Gasteiger partial charge in [-0.25, -0.2) is 0 Å². The largest absolute Gasteiger partial charge is 0.545 e. The van der Waals surface area contributed by atoms with E-state index in [1.54, 1.807) is 0 Å². The summed E-state index contributed by atoms with van der Waals surface area (Å²) in [5.41, 5.74) is 0. The molecule has 0 bridgehead atoms. The van der Waals surface area contributed by atoms with Gasteiger partial charge in [-0.05, 0) is 77.0 Å². The Labute approximate surface area is 475 Å². The minimum atomic E-state index is -1.62. The van der Waals surface area contributed by atoms with Gasteiger partial charge in [-0.15, -0.1) is 0 Å². The van der Waals surface area contributed by atoms with Gasteiger partial charge in [0, 0.05) is 12.8 Å². The molecule has 0 fully saturated rings. The molecular weight excluding hydrogens is 959 g/mol. The number of allylic oxidation sites excluding steroid dienone is 10. The standard InChI is InChI=1S/C68H123NO8/c1-6-8-10-12-14-16-18-20-22-24-25-26-27-28-29-30-31-32-33-34-35-36-37-38-39-40-41-43-44-46-48-50-52-54-56-58-65(70)75-62-64(63-76-68(67(72)73)74-61-60-69(3,4)5)77-66(71)59-57-55-53-51-49-47-45-42-23-21-19-17-15-13-11-9-7-2/h9,11,15,17-18,20-21,23-25,64,68H,6-8,10,12-14,16,19,22,26-63H2,1-5H3/b11-9-,17-15-,20-18-,23-21-,25-24-. The zero-order chi connectivity index (χ0) is 56.2. The molecule has 0 radical (unpaired) electrons. The van der Waals surface area contributed by atoms with Crippen LogP contribution in [0.4, 0.5) is 0 Å². The first-order chi connectivity index (χ1) is 37.6. The van der Waals surface area contributed by atoms with Crippen molar-refractivity contribution in [1.29, 1.82) is 0 Å². The molecule has 0 amide bonds. The quantitative estimate of drug-likeness (QED) is 0.0195. The van der Waals surface area contributed by atoms with Crippen molar-refractivity contribution in [2.75, 3.05) is 47.5 Å². The highest BCUT2D eigenvalue weighted by Gasteiger charge is 2.22. The minimum absolute atomic E-state index is 0.145. The Bertz CT molecular complexity index is 1450. The molecule has 448 valence electrons. The van der Waals surface area contributed by atoms with Crippen molar-refractivity contribution in [2.24, 2.45) is 0 Å². The molecular formula is C68H123NO8. The summed E-state index contributed by atoms with van der Waals surface area (Å²) in [4.78, 5) is 37.3. The first kappa shape index (κ1) is 74.0. The van der Waals surface area contributed by atoms with Gasteiger partial charge in [-0.1, -0.05) is 267 Å². The van der Waals surface area contributed by atoms with Crippen LogP contribution in [0.1, 0.15) is 296 Å². The smallest absolute Gasteiger partial charge is 0.306 e. The third-order valence-corrected chi connectivity index (χ3v) is 14.2. The number of likely N-dealkylation sites (N-methyl/N-ethyl adjacent to an activating group) is 1. The number of aliphatic carboxylic acids is 1. The predicted molar refractivity (Wildman–Crippen MR) is 325 cm³/mol. The van der Waals surface area contributed by atoms with Crippen LogP contribution in [0.15, 0.2) is 60.8 Å². The molecule has 9 nitrogen and oxygen atoms in total. The van der Waals surface area contributed by atoms with Crippen LogP contribution < -0.4 is 5.11 Å². The molecule has 0 aromatic heterocycles. The molecule has 9 heteroatoms. The number of carbonyl (C=O) groups is 3. The Kier molecular flexibility index (Phi) is 56.8. The van der Waals surface area contributed by atoms with Crippen molar-refractivity contribution in [3.63, 3.8) is 0 Å². The molecule has 0 spiro atoms. The van der Waals surface area contributed by atoms with E-state index in [0.29, 0.717) is 23.9 Å². The highest BCUT2D eigenvalue weighted by Crippen LogP contribution is 2.17. The van der Waals surface area contributed by atoms with E-state index in [1.807, 2.05) is 21.1 Å². The Hall–Kier alpha value is -3.01. The lowest BCUT2D eigenvalue weighted by molar-refractivity contribution is -0.870. The van der Waals surface area contributed by atoms with Gasteiger partial charge in [-0.3, -0.25) is 9.59 Å². The number of carbonyl (C=O) groups excluding carboxylic acids is 3. The van der Waals surface area contributed by atoms with Gasteiger partial charge in [-0.2, -0.15) is 0 Å². The lowest BCUT2D eigenvalue weighted by Gasteiger charge is -2.26. The summed E-state index contributed by atoms with van der Waals surface area (Å²) in [7, 11) is 5.92. The van der Waals surface area contributed by atoms with Crippen LogP contribution in [-0.4, -0.2) is 82.3 Å². The van der Waals surface area contributed by atoms with E-state index in [1.165, 1.54) is 193 Å². The molecule has 0 saturated heterocycles. The van der Waals surface area contributed by atoms with E-state index < -0.39 is 24.3 Å². The van der Waals surface area contributed by atoms with Crippen LogP contribution in [0.25, 0.3) is 0 Å². The number of rotatable bonds is 60. The zero-order valence-electron chi connectivity index (χ0n) is 51.1. The van der Waals surface area contributed by atoms with Crippen LogP contribution >= 0.6 is 0 Å². The number of nitrogens with zero attached hydrogens (tertiary/aromatic N) is 1. The van der Waals surface area contributed by atoms with Gasteiger partial charge >= 0.3 is 11.9 Å². The van der Waals surface area contributed by atoms with E-state index in [0.717, 1.165) is 70.6 Å². The summed E-state index contributed by atoms with van der Waals surface area (Å²) < 4.78 is 22.7. The molecule has 0 heterocycles. The second kappa shape index (κ2) is 59.1. The summed E-state index contributed by atoms with van der Waals surface area (Å²) in [6, 6.07) is 0. The van der Waals surface area contributed by atoms with Crippen molar-refractivity contribution in [1.82, 2.24) is 0 Å². The zero-order valence-corrected chi connectivity index (χ0v) is 51.1. The Morgan fingerprint density at radius 3 is 1.10 bits per heavy atom. The van der Waals surface area contributed by atoms with Crippen molar-refractivity contribution >= 4 is 17.9 Å². The van der Waals surface area contributed by atoms with Crippen LogP contribution in [0.2, 0.25) is 0 Å².